The van der Waals surface area contributed by atoms with Crippen molar-refractivity contribution in [3.63, 3.8) is 0 Å². The zero-order valence-corrected chi connectivity index (χ0v) is 23.2. The highest BCUT2D eigenvalue weighted by atomic mass is 35.5. The smallest absolute Gasteiger partial charge is 0.435 e. The Kier molecular flexibility index (Phi) is 7.57. The first-order valence-electron chi connectivity index (χ1n) is 12.9. The first kappa shape index (κ1) is 26.7. The molecular weight excluding hydrogens is 516 g/mol. The molecule has 4 aromatic rings. The fourth-order valence-electron chi connectivity index (χ4n) is 4.63. The fourth-order valence-corrected chi connectivity index (χ4v) is 4.84. The summed E-state index contributed by atoms with van der Waals surface area (Å²) >= 11 is 6.07. The molecule has 0 radical (unpaired) electrons. The van der Waals surface area contributed by atoms with Gasteiger partial charge in [0.2, 0.25) is 11.7 Å². The van der Waals surface area contributed by atoms with Gasteiger partial charge in [-0.25, -0.2) is 4.79 Å². The molecule has 202 valence electrons. The highest BCUT2D eigenvalue weighted by Crippen LogP contribution is 2.33. The molecule has 9 heteroatoms. The van der Waals surface area contributed by atoms with Crippen molar-refractivity contribution in [3.05, 3.63) is 77.1 Å². The van der Waals surface area contributed by atoms with E-state index in [2.05, 4.69) is 10.1 Å². The molecule has 1 aliphatic heterocycles. The molecule has 0 bridgehead atoms. The Labute approximate surface area is 232 Å². The maximum atomic E-state index is 12.2. The van der Waals surface area contributed by atoms with Crippen molar-refractivity contribution in [2.45, 2.75) is 58.8 Å². The molecule has 1 amide bonds. The molecule has 1 aliphatic rings. The van der Waals surface area contributed by atoms with E-state index in [0.717, 1.165) is 47.0 Å². The largest absolute Gasteiger partial charge is 0.489 e. The number of hydrogen-bond acceptors (Lipinski definition) is 6. The minimum Gasteiger partial charge on any atom is -0.489 e. The Bertz CT molecular complexity index is 1520. The third-order valence-electron chi connectivity index (χ3n) is 6.41. The summed E-state index contributed by atoms with van der Waals surface area (Å²) < 4.78 is 17.0. The number of hydrogen-bond donors (Lipinski definition) is 0. The van der Waals surface area contributed by atoms with Crippen LogP contribution in [0.4, 0.5) is 4.79 Å². The van der Waals surface area contributed by atoms with E-state index in [9.17, 15) is 4.79 Å². The number of halogens is 1. The summed E-state index contributed by atoms with van der Waals surface area (Å²) in [5.41, 5.74) is 1.27. The summed E-state index contributed by atoms with van der Waals surface area (Å²) in [7, 11) is 0. The van der Waals surface area contributed by atoms with Crippen LogP contribution in [0.25, 0.3) is 22.2 Å². The summed E-state index contributed by atoms with van der Waals surface area (Å²) in [6.45, 7) is 8.44. The van der Waals surface area contributed by atoms with Crippen molar-refractivity contribution in [2.24, 2.45) is 4.99 Å². The van der Waals surface area contributed by atoms with Gasteiger partial charge in [-0.3, -0.25) is 0 Å². The standard InChI is InChI=1S/C30H31ClN4O4/c1-19(32-29(36)38-30(2,3)4)35-14-6-9-26(35)28-33-27(34-39-28)23-11-10-22-17-25(13-12-21(22)16-23)37-18-20-7-5-8-24(31)15-20/h5,7-8,10-13,15-17,26H,6,9,14,18H2,1-4H3/b32-19+/t26-/m0/s1. The SMILES string of the molecule is C/C(=N\C(=O)OC(C)(C)C)N1CCC[C@H]1c1nc(-c2ccc3cc(OCc4cccc(Cl)c4)ccc3c2)no1. The number of aromatic nitrogens is 2. The molecule has 0 unspecified atom stereocenters. The van der Waals surface area contributed by atoms with Crippen LogP contribution in [-0.4, -0.2) is 39.1 Å². The van der Waals surface area contributed by atoms with Crippen molar-refractivity contribution in [3.8, 4) is 17.1 Å². The van der Waals surface area contributed by atoms with Crippen LogP contribution in [0.2, 0.25) is 5.02 Å². The molecule has 2 heterocycles. The first-order chi connectivity index (χ1) is 18.6. The number of ether oxygens (including phenoxy) is 2. The second-order valence-corrected chi connectivity index (χ2v) is 11.0. The van der Waals surface area contributed by atoms with Gasteiger partial charge >= 0.3 is 6.09 Å². The number of carbonyl (C=O) groups is 1. The van der Waals surface area contributed by atoms with E-state index in [1.807, 2.05) is 86.3 Å². The van der Waals surface area contributed by atoms with Gasteiger partial charge in [0, 0.05) is 17.1 Å². The Morgan fingerprint density at radius 3 is 2.72 bits per heavy atom. The third-order valence-corrected chi connectivity index (χ3v) is 6.64. The van der Waals surface area contributed by atoms with Gasteiger partial charge < -0.3 is 18.9 Å². The van der Waals surface area contributed by atoms with Crippen LogP contribution >= 0.6 is 11.6 Å². The number of rotatable bonds is 5. The molecule has 5 rings (SSSR count). The van der Waals surface area contributed by atoms with Crippen LogP contribution in [0.3, 0.4) is 0 Å². The monoisotopic (exact) mass is 546 g/mol. The quantitative estimate of drug-likeness (QED) is 0.188. The molecular formula is C30H31ClN4O4. The Morgan fingerprint density at radius 1 is 1.13 bits per heavy atom. The zero-order valence-electron chi connectivity index (χ0n) is 22.5. The number of benzene rings is 3. The second kappa shape index (κ2) is 11.1. The number of aliphatic imine (C=N–C) groups is 1. The molecule has 0 spiro atoms. The van der Waals surface area contributed by atoms with Crippen molar-refractivity contribution in [1.29, 1.82) is 0 Å². The molecule has 1 atom stereocenters. The summed E-state index contributed by atoms with van der Waals surface area (Å²) in [6.07, 6.45) is 1.16. The summed E-state index contributed by atoms with van der Waals surface area (Å²) in [4.78, 5) is 23.1. The summed E-state index contributed by atoms with van der Waals surface area (Å²) in [5.74, 6) is 2.38. The van der Waals surface area contributed by atoms with E-state index >= 15 is 0 Å². The lowest BCUT2D eigenvalue weighted by Crippen LogP contribution is -2.30. The molecule has 1 fully saturated rings. The molecule has 1 aromatic heterocycles. The number of likely N-dealkylation sites (tertiary alicyclic amines) is 1. The van der Waals surface area contributed by atoms with Crippen molar-refractivity contribution in [1.82, 2.24) is 15.0 Å². The zero-order chi connectivity index (χ0) is 27.6. The Hall–Kier alpha value is -3.91. The predicted molar refractivity (Wildman–Crippen MR) is 151 cm³/mol. The van der Waals surface area contributed by atoms with Gasteiger partial charge in [-0.1, -0.05) is 47.1 Å². The van der Waals surface area contributed by atoms with Crippen molar-refractivity contribution >= 4 is 34.3 Å². The van der Waals surface area contributed by atoms with E-state index < -0.39 is 11.7 Å². The minimum atomic E-state index is -0.606. The number of fused-ring (bicyclic) bond motifs is 1. The molecule has 8 nitrogen and oxygen atoms in total. The van der Waals surface area contributed by atoms with Crippen LogP contribution in [0, 0.1) is 0 Å². The molecule has 0 N–H and O–H groups in total. The van der Waals surface area contributed by atoms with Gasteiger partial charge in [0.15, 0.2) is 0 Å². The summed E-state index contributed by atoms with van der Waals surface area (Å²) in [5, 5.41) is 7.02. The molecule has 1 saturated heterocycles. The number of amidine groups is 1. The van der Waals surface area contributed by atoms with Gasteiger partial charge in [-0.05, 0) is 87.2 Å². The first-order valence-corrected chi connectivity index (χ1v) is 13.3. The van der Waals surface area contributed by atoms with E-state index in [1.165, 1.54) is 0 Å². The van der Waals surface area contributed by atoms with Gasteiger partial charge in [0.05, 0.1) is 0 Å². The van der Waals surface area contributed by atoms with E-state index in [1.54, 1.807) is 6.92 Å². The van der Waals surface area contributed by atoms with Crippen LogP contribution in [0.5, 0.6) is 5.75 Å². The van der Waals surface area contributed by atoms with E-state index in [4.69, 9.17) is 30.6 Å². The average Bonchev–Trinajstić information content (AvgIpc) is 3.56. The van der Waals surface area contributed by atoms with E-state index in [0.29, 0.717) is 29.2 Å². The predicted octanol–water partition coefficient (Wildman–Crippen LogP) is 7.61. The van der Waals surface area contributed by atoms with Gasteiger partial charge in [-0.2, -0.15) is 9.98 Å². The van der Waals surface area contributed by atoms with Crippen molar-refractivity contribution < 1.29 is 18.8 Å². The van der Waals surface area contributed by atoms with E-state index in [-0.39, 0.29) is 6.04 Å². The number of nitrogens with zero attached hydrogens (tertiary/aromatic N) is 4. The topological polar surface area (TPSA) is 90.0 Å². The lowest BCUT2D eigenvalue weighted by Gasteiger charge is -2.24. The molecule has 3 aromatic carbocycles. The average molecular weight is 547 g/mol. The van der Waals surface area contributed by atoms with Crippen LogP contribution in [-0.2, 0) is 11.3 Å². The minimum absolute atomic E-state index is 0.142. The highest BCUT2D eigenvalue weighted by molar-refractivity contribution is 6.30. The normalized spacial score (nSPS) is 16.1. The molecule has 0 aliphatic carbocycles. The highest BCUT2D eigenvalue weighted by Gasteiger charge is 2.32. The maximum Gasteiger partial charge on any atom is 0.435 e. The van der Waals surface area contributed by atoms with Crippen LogP contribution < -0.4 is 4.74 Å². The second-order valence-electron chi connectivity index (χ2n) is 10.6. The van der Waals surface area contributed by atoms with Crippen LogP contribution in [0.1, 0.15) is 58.0 Å². The fraction of sp³-hybridized carbons (Fsp3) is 0.333. The lowest BCUT2D eigenvalue weighted by molar-refractivity contribution is 0.0601. The maximum absolute atomic E-state index is 12.2. The van der Waals surface area contributed by atoms with Gasteiger partial charge in [-0.15, -0.1) is 0 Å². The third kappa shape index (κ3) is 6.57. The van der Waals surface area contributed by atoms with Crippen LogP contribution in [0.15, 0.2) is 70.2 Å². The molecule has 39 heavy (non-hydrogen) atoms. The lowest BCUT2D eigenvalue weighted by atomic mass is 10.1. The Morgan fingerprint density at radius 2 is 1.92 bits per heavy atom. The number of amides is 1. The van der Waals surface area contributed by atoms with Crippen molar-refractivity contribution in [2.75, 3.05) is 6.54 Å². The Balaban J connectivity index is 1.29. The summed E-state index contributed by atoms with van der Waals surface area (Å²) in [6, 6.07) is 19.5. The van der Waals surface area contributed by atoms with Gasteiger partial charge in [0.1, 0.15) is 29.8 Å². The van der Waals surface area contributed by atoms with Gasteiger partial charge in [0.25, 0.3) is 0 Å². The number of carbonyl (C=O) groups excluding carboxylic acids is 1. The molecule has 0 saturated carbocycles.